The van der Waals surface area contributed by atoms with Crippen LogP contribution in [0.15, 0.2) is 30.3 Å². The van der Waals surface area contributed by atoms with Gasteiger partial charge >= 0.3 is 11.9 Å². The zero-order valence-corrected chi connectivity index (χ0v) is 9.96. The monoisotopic (exact) mass is 250 g/mol. The highest BCUT2D eigenvalue weighted by Gasteiger charge is 2.02. The molecule has 5 heteroatoms. The summed E-state index contributed by atoms with van der Waals surface area (Å²) in [6, 6.07) is 6.70. The number of esters is 1. The van der Waals surface area contributed by atoms with E-state index in [0.29, 0.717) is 12.4 Å². The van der Waals surface area contributed by atoms with Gasteiger partial charge in [0.15, 0.2) is 6.61 Å². The summed E-state index contributed by atoms with van der Waals surface area (Å²) in [6.45, 7) is 1.90. The molecule has 0 unspecified atom stereocenters. The standard InChI is InChI=1S/C13H14O5/c1-2-17-13(16)9-18-11-6-3-10(4-7-11)5-8-12(14)15/h3-8H,2,9H2,1H3,(H,14,15). The fraction of sp³-hybridized carbons (Fsp3) is 0.231. The number of carbonyl (C=O) groups excluding carboxylic acids is 1. The largest absolute Gasteiger partial charge is 0.482 e. The van der Waals surface area contributed by atoms with Crippen LogP contribution in [0.3, 0.4) is 0 Å². The molecule has 1 rings (SSSR count). The molecule has 1 aromatic carbocycles. The van der Waals surface area contributed by atoms with Crippen LogP contribution < -0.4 is 4.74 Å². The summed E-state index contributed by atoms with van der Waals surface area (Å²) in [5.41, 5.74) is 0.737. The lowest BCUT2D eigenvalue weighted by atomic mass is 10.2. The van der Waals surface area contributed by atoms with Gasteiger partial charge in [-0.1, -0.05) is 12.1 Å². The molecule has 1 aromatic rings. The molecule has 96 valence electrons. The van der Waals surface area contributed by atoms with Crippen molar-refractivity contribution in [2.24, 2.45) is 0 Å². The molecule has 0 aliphatic rings. The maximum Gasteiger partial charge on any atom is 0.344 e. The SMILES string of the molecule is CCOC(=O)COc1ccc(C=CC(=O)O)cc1. The van der Waals surface area contributed by atoms with Gasteiger partial charge in [-0.25, -0.2) is 9.59 Å². The zero-order chi connectivity index (χ0) is 13.4. The quantitative estimate of drug-likeness (QED) is 0.614. The van der Waals surface area contributed by atoms with Crippen LogP contribution in [0.4, 0.5) is 0 Å². The van der Waals surface area contributed by atoms with E-state index in [1.54, 1.807) is 31.2 Å². The van der Waals surface area contributed by atoms with E-state index in [4.69, 9.17) is 14.6 Å². The maximum atomic E-state index is 11.0. The Labute approximate surface area is 105 Å². The fourth-order valence-electron chi connectivity index (χ4n) is 1.19. The lowest BCUT2D eigenvalue weighted by Gasteiger charge is -2.05. The van der Waals surface area contributed by atoms with Gasteiger partial charge in [0.1, 0.15) is 5.75 Å². The van der Waals surface area contributed by atoms with Crippen LogP contribution in [-0.4, -0.2) is 30.3 Å². The molecular formula is C13H14O5. The lowest BCUT2D eigenvalue weighted by molar-refractivity contribution is -0.145. The Morgan fingerprint density at radius 3 is 2.50 bits per heavy atom. The van der Waals surface area contributed by atoms with Gasteiger partial charge in [0.05, 0.1) is 6.61 Å². The molecule has 5 nitrogen and oxygen atoms in total. The Balaban J connectivity index is 2.50. The van der Waals surface area contributed by atoms with Gasteiger partial charge in [0.25, 0.3) is 0 Å². The predicted molar refractivity (Wildman–Crippen MR) is 65.2 cm³/mol. The Morgan fingerprint density at radius 1 is 1.28 bits per heavy atom. The van der Waals surface area contributed by atoms with Crippen LogP contribution >= 0.6 is 0 Å². The van der Waals surface area contributed by atoms with Gasteiger partial charge in [-0.15, -0.1) is 0 Å². The number of hydrogen-bond acceptors (Lipinski definition) is 4. The Bertz CT molecular complexity index is 433. The minimum absolute atomic E-state index is 0.141. The predicted octanol–water partition coefficient (Wildman–Crippen LogP) is 1.73. The van der Waals surface area contributed by atoms with Crippen LogP contribution in [0.25, 0.3) is 6.08 Å². The summed E-state index contributed by atoms with van der Waals surface area (Å²) in [5, 5.41) is 8.46. The van der Waals surface area contributed by atoms with E-state index in [-0.39, 0.29) is 6.61 Å². The van der Waals surface area contributed by atoms with Crippen molar-refractivity contribution in [1.29, 1.82) is 0 Å². The summed E-state index contributed by atoms with van der Waals surface area (Å²) in [4.78, 5) is 21.4. The molecular weight excluding hydrogens is 236 g/mol. The van der Waals surface area contributed by atoms with Gasteiger partial charge in [0, 0.05) is 6.08 Å². The molecule has 1 N–H and O–H groups in total. The lowest BCUT2D eigenvalue weighted by Crippen LogP contribution is -2.14. The highest BCUT2D eigenvalue weighted by Crippen LogP contribution is 2.13. The first kappa shape index (κ1) is 13.8. The molecule has 0 aliphatic heterocycles. The summed E-state index contributed by atoms with van der Waals surface area (Å²) in [5.74, 6) is -0.902. The fourth-order valence-corrected chi connectivity index (χ4v) is 1.19. The highest BCUT2D eigenvalue weighted by atomic mass is 16.6. The van der Waals surface area contributed by atoms with Crippen LogP contribution in [0, 0.1) is 0 Å². The van der Waals surface area contributed by atoms with Gasteiger partial charge in [0.2, 0.25) is 0 Å². The van der Waals surface area contributed by atoms with E-state index in [2.05, 4.69) is 0 Å². The van der Waals surface area contributed by atoms with Crippen LogP contribution in [0.5, 0.6) is 5.75 Å². The number of carboxylic acid groups (broad SMARTS) is 1. The van der Waals surface area contributed by atoms with Gasteiger partial charge in [-0.05, 0) is 30.7 Å². The first-order valence-corrected chi connectivity index (χ1v) is 5.41. The molecule has 0 amide bonds. The third-order valence-corrected chi connectivity index (χ3v) is 1.96. The molecule has 0 heterocycles. The average Bonchev–Trinajstić information content (AvgIpc) is 2.35. The van der Waals surface area contributed by atoms with E-state index in [1.165, 1.54) is 6.08 Å². The van der Waals surface area contributed by atoms with E-state index in [1.807, 2.05) is 0 Å². The zero-order valence-electron chi connectivity index (χ0n) is 9.96. The Kier molecular flexibility index (Phi) is 5.44. The van der Waals surface area contributed by atoms with Crippen molar-refractivity contribution < 1.29 is 24.2 Å². The van der Waals surface area contributed by atoms with E-state index in [9.17, 15) is 9.59 Å². The topological polar surface area (TPSA) is 72.8 Å². The summed E-state index contributed by atoms with van der Waals surface area (Å²) in [6.07, 6.45) is 2.52. The second kappa shape index (κ2) is 7.11. The van der Waals surface area contributed by atoms with Crippen molar-refractivity contribution in [3.05, 3.63) is 35.9 Å². The number of ether oxygens (including phenoxy) is 2. The van der Waals surface area contributed by atoms with E-state index >= 15 is 0 Å². The Morgan fingerprint density at radius 2 is 1.94 bits per heavy atom. The van der Waals surface area contributed by atoms with Gasteiger partial charge in [-0.3, -0.25) is 0 Å². The molecule has 0 spiro atoms. The molecule has 0 aliphatic carbocycles. The molecule has 18 heavy (non-hydrogen) atoms. The van der Waals surface area contributed by atoms with E-state index < -0.39 is 11.9 Å². The molecule has 0 aromatic heterocycles. The molecule has 0 bridgehead atoms. The third-order valence-electron chi connectivity index (χ3n) is 1.96. The second-order valence-corrected chi connectivity index (χ2v) is 3.33. The van der Waals surface area contributed by atoms with Crippen molar-refractivity contribution in [3.63, 3.8) is 0 Å². The smallest absolute Gasteiger partial charge is 0.344 e. The van der Waals surface area contributed by atoms with Crippen molar-refractivity contribution in [1.82, 2.24) is 0 Å². The van der Waals surface area contributed by atoms with Crippen LogP contribution in [0.2, 0.25) is 0 Å². The first-order valence-electron chi connectivity index (χ1n) is 5.41. The molecule has 0 atom stereocenters. The normalized spacial score (nSPS) is 10.3. The number of carboxylic acids is 1. The third kappa shape index (κ3) is 5.16. The number of aliphatic carboxylic acids is 1. The molecule has 0 saturated carbocycles. The average molecular weight is 250 g/mol. The van der Waals surface area contributed by atoms with Crippen molar-refractivity contribution in [3.8, 4) is 5.75 Å². The minimum atomic E-state index is -1.00. The number of benzene rings is 1. The second-order valence-electron chi connectivity index (χ2n) is 3.33. The Hall–Kier alpha value is -2.30. The number of rotatable bonds is 6. The summed E-state index contributed by atoms with van der Waals surface area (Å²) < 4.78 is 9.90. The summed E-state index contributed by atoms with van der Waals surface area (Å²) >= 11 is 0. The van der Waals surface area contributed by atoms with Gasteiger partial charge in [-0.2, -0.15) is 0 Å². The highest BCUT2D eigenvalue weighted by molar-refractivity contribution is 5.85. The van der Waals surface area contributed by atoms with Crippen LogP contribution in [-0.2, 0) is 14.3 Å². The van der Waals surface area contributed by atoms with Gasteiger partial charge < -0.3 is 14.6 Å². The minimum Gasteiger partial charge on any atom is -0.482 e. The van der Waals surface area contributed by atoms with Crippen LogP contribution in [0.1, 0.15) is 12.5 Å². The molecule has 0 radical (unpaired) electrons. The van der Waals surface area contributed by atoms with Crippen molar-refractivity contribution in [2.45, 2.75) is 6.92 Å². The number of carbonyl (C=O) groups is 2. The molecule has 0 saturated heterocycles. The van der Waals surface area contributed by atoms with Crippen molar-refractivity contribution in [2.75, 3.05) is 13.2 Å². The van der Waals surface area contributed by atoms with E-state index in [0.717, 1.165) is 11.6 Å². The maximum absolute atomic E-state index is 11.0. The summed E-state index contributed by atoms with van der Waals surface area (Å²) in [7, 11) is 0. The van der Waals surface area contributed by atoms with Crippen molar-refractivity contribution >= 4 is 18.0 Å². The first-order chi connectivity index (χ1) is 8.61. The number of hydrogen-bond donors (Lipinski definition) is 1. The molecule has 0 fully saturated rings.